The molecule has 3 amide bonds. The highest BCUT2D eigenvalue weighted by Gasteiger charge is 2.18. The normalized spacial score (nSPS) is 11.1. The summed E-state index contributed by atoms with van der Waals surface area (Å²) in [4.78, 5) is 48.0. The summed E-state index contributed by atoms with van der Waals surface area (Å²) in [5.41, 5.74) is 1.42. The lowest BCUT2D eigenvalue weighted by Crippen LogP contribution is -2.27. The summed E-state index contributed by atoms with van der Waals surface area (Å²) in [6.07, 6.45) is 1.59. The van der Waals surface area contributed by atoms with Gasteiger partial charge in [-0.1, -0.05) is 19.9 Å². The number of aromatic nitrogens is 5. The van der Waals surface area contributed by atoms with Crippen LogP contribution in [0.2, 0.25) is 0 Å². The van der Waals surface area contributed by atoms with E-state index in [2.05, 4.69) is 31.0 Å². The van der Waals surface area contributed by atoms with Crippen LogP contribution in [0.1, 0.15) is 25.5 Å². The SMILES string of the molecule is CNc1ncc2cc(-c3ccc(F)c(NC(=O)Nc4cc(C(C)C)n(CC(=O)N(C)C)n4)c3)c(=O)n(C)c2n1. The van der Waals surface area contributed by atoms with Crippen molar-refractivity contribution < 1.29 is 14.0 Å². The molecule has 0 atom stereocenters. The van der Waals surface area contributed by atoms with Gasteiger partial charge in [0.05, 0.1) is 5.69 Å². The summed E-state index contributed by atoms with van der Waals surface area (Å²) >= 11 is 0. The third kappa shape index (κ3) is 5.71. The molecule has 1 aromatic carbocycles. The fourth-order valence-corrected chi connectivity index (χ4v) is 3.99. The molecule has 4 rings (SSSR count). The number of pyridine rings is 1. The van der Waals surface area contributed by atoms with Gasteiger partial charge >= 0.3 is 6.03 Å². The molecule has 3 aromatic heterocycles. The first kappa shape index (κ1) is 27.2. The highest BCUT2D eigenvalue weighted by Crippen LogP contribution is 2.26. The van der Waals surface area contributed by atoms with Crippen molar-refractivity contribution in [2.45, 2.75) is 26.3 Å². The second kappa shape index (κ2) is 10.9. The summed E-state index contributed by atoms with van der Waals surface area (Å²) in [6, 6.07) is 6.58. The van der Waals surface area contributed by atoms with Crippen molar-refractivity contribution in [3.8, 4) is 11.1 Å². The lowest BCUT2D eigenvalue weighted by Gasteiger charge is -2.13. The molecule has 12 nitrogen and oxygen atoms in total. The van der Waals surface area contributed by atoms with E-state index in [1.165, 1.54) is 32.3 Å². The molecule has 0 saturated carbocycles. The molecule has 3 N–H and O–H groups in total. The first-order valence-electron chi connectivity index (χ1n) is 12.2. The topological polar surface area (TPSA) is 139 Å². The minimum atomic E-state index is -0.732. The highest BCUT2D eigenvalue weighted by atomic mass is 19.1. The summed E-state index contributed by atoms with van der Waals surface area (Å²) in [6.45, 7) is 3.91. The van der Waals surface area contributed by atoms with Crippen LogP contribution < -0.4 is 21.5 Å². The lowest BCUT2D eigenvalue weighted by atomic mass is 10.1. The highest BCUT2D eigenvalue weighted by molar-refractivity contribution is 5.99. The van der Waals surface area contributed by atoms with E-state index in [1.54, 1.807) is 46.5 Å². The van der Waals surface area contributed by atoms with Crippen molar-refractivity contribution in [2.24, 2.45) is 7.05 Å². The molecule has 0 bridgehead atoms. The van der Waals surface area contributed by atoms with E-state index >= 15 is 0 Å². The zero-order valence-corrected chi connectivity index (χ0v) is 22.5. The van der Waals surface area contributed by atoms with Crippen molar-refractivity contribution >= 4 is 40.4 Å². The molecule has 39 heavy (non-hydrogen) atoms. The Morgan fingerprint density at radius 2 is 1.87 bits per heavy atom. The summed E-state index contributed by atoms with van der Waals surface area (Å²) in [5, 5.41) is 12.9. The lowest BCUT2D eigenvalue weighted by molar-refractivity contribution is -0.129. The van der Waals surface area contributed by atoms with E-state index in [9.17, 15) is 18.8 Å². The number of hydrogen-bond acceptors (Lipinski definition) is 7. The van der Waals surface area contributed by atoms with Gasteiger partial charge in [-0.25, -0.2) is 14.2 Å². The summed E-state index contributed by atoms with van der Waals surface area (Å²) in [7, 11) is 6.57. The number of rotatable bonds is 7. The Bertz CT molecular complexity index is 1630. The van der Waals surface area contributed by atoms with Crippen LogP contribution in [-0.4, -0.2) is 62.3 Å². The third-order valence-corrected chi connectivity index (χ3v) is 6.13. The van der Waals surface area contributed by atoms with E-state index < -0.39 is 11.8 Å². The molecule has 3 heterocycles. The minimum Gasteiger partial charge on any atom is -0.357 e. The van der Waals surface area contributed by atoms with E-state index in [1.807, 2.05) is 13.8 Å². The molecule has 4 aromatic rings. The van der Waals surface area contributed by atoms with Crippen molar-refractivity contribution in [1.29, 1.82) is 0 Å². The zero-order chi connectivity index (χ0) is 28.4. The molecular weight excluding hydrogens is 505 g/mol. The number of fused-ring (bicyclic) bond motifs is 1. The number of hydrogen-bond donors (Lipinski definition) is 3. The Kier molecular flexibility index (Phi) is 7.61. The maximum atomic E-state index is 14.7. The van der Waals surface area contributed by atoms with Crippen LogP contribution >= 0.6 is 0 Å². The monoisotopic (exact) mass is 535 g/mol. The van der Waals surface area contributed by atoms with Crippen LogP contribution in [0.15, 0.2) is 41.3 Å². The Morgan fingerprint density at radius 1 is 1.13 bits per heavy atom. The van der Waals surface area contributed by atoms with Crippen molar-refractivity contribution in [2.75, 3.05) is 37.1 Å². The van der Waals surface area contributed by atoms with Gasteiger partial charge in [-0.05, 0) is 29.7 Å². The van der Waals surface area contributed by atoms with Crippen LogP contribution in [0.5, 0.6) is 0 Å². The first-order valence-corrected chi connectivity index (χ1v) is 12.2. The van der Waals surface area contributed by atoms with Crippen molar-refractivity contribution in [3.05, 3.63) is 58.4 Å². The van der Waals surface area contributed by atoms with Crippen molar-refractivity contribution in [3.63, 3.8) is 0 Å². The van der Waals surface area contributed by atoms with E-state index in [4.69, 9.17) is 0 Å². The number of amides is 3. The fourth-order valence-electron chi connectivity index (χ4n) is 3.99. The Morgan fingerprint density at radius 3 is 2.54 bits per heavy atom. The predicted molar refractivity (Wildman–Crippen MR) is 147 cm³/mol. The number of halogens is 1. The Hall–Kier alpha value is -4.81. The number of urea groups is 1. The number of likely N-dealkylation sites (N-methyl/N-ethyl adjacent to an activating group) is 1. The second-order valence-corrected chi connectivity index (χ2v) is 9.47. The summed E-state index contributed by atoms with van der Waals surface area (Å²) < 4.78 is 17.6. The average Bonchev–Trinajstić information content (AvgIpc) is 3.29. The predicted octanol–water partition coefficient (Wildman–Crippen LogP) is 3.23. The number of nitrogens with zero attached hydrogens (tertiary/aromatic N) is 6. The molecule has 0 radical (unpaired) electrons. The van der Waals surface area contributed by atoms with Gasteiger partial charge in [-0.3, -0.25) is 24.2 Å². The third-order valence-electron chi connectivity index (χ3n) is 6.13. The molecule has 0 aliphatic heterocycles. The molecule has 13 heteroatoms. The van der Waals surface area contributed by atoms with Gasteiger partial charge < -0.3 is 15.5 Å². The van der Waals surface area contributed by atoms with E-state index in [0.717, 1.165) is 5.69 Å². The molecule has 0 aliphatic carbocycles. The van der Waals surface area contributed by atoms with E-state index in [-0.39, 0.29) is 35.4 Å². The molecule has 204 valence electrons. The Balaban J connectivity index is 1.59. The molecule has 0 fully saturated rings. The first-order chi connectivity index (χ1) is 18.5. The molecule has 0 saturated heterocycles. The van der Waals surface area contributed by atoms with Crippen LogP contribution in [0.25, 0.3) is 22.2 Å². The van der Waals surface area contributed by atoms with Crippen LogP contribution in [0.4, 0.5) is 26.6 Å². The molecule has 0 spiro atoms. The number of carbonyl (C=O) groups is 2. The second-order valence-electron chi connectivity index (χ2n) is 9.47. The largest absolute Gasteiger partial charge is 0.357 e. The van der Waals surface area contributed by atoms with Gasteiger partial charge in [-0.2, -0.15) is 10.1 Å². The molecule has 0 aliphatic rings. The van der Waals surface area contributed by atoms with Gasteiger partial charge in [-0.15, -0.1) is 0 Å². The van der Waals surface area contributed by atoms with Gasteiger partial charge in [0, 0.05) is 57.1 Å². The zero-order valence-electron chi connectivity index (χ0n) is 22.5. The van der Waals surface area contributed by atoms with Crippen LogP contribution in [0.3, 0.4) is 0 Å². The van der Waals surface area contributed by atoms with E-state index in [0.29, 0.717) is 28.1 Å². The number of anilines is 3. The fraction of sp³-hybridized carbons (Fsp3) is 0.308. The van der Waals surface area contributed by atoms with Gasteiger partial charge in [0.15, 0.2) is 5.82 Å². The number of carbonyl (C=O) groups excluding carboxylic acids is 2. The molecular formula is C26H30FN9O3. The standard InChI is InChI=1S/C26H30FN9O3/c1-14(2)20-11-21(33-36(20)13-22(37)34(4)5)31-26(39)30-19-10-15(7-8-18(19)27)17-9-16-12-29-25(28-3)32-23(16)35(6)24(17)38/h7-12,14H,13H2,1-6H3,(H,28,29,32)(H2,30,31,33,39). The maximum Gasteiger partial charge on any atom is 0.324 e. The number of nitrogens with one attached hydrogen (secondary N) is 3. The maximum absolute atomic E-state index is 14.7. The Labute approximate surface area is 223 Å². The molecule has 0 unspecified atom stereocenters. The number of aryl methyl sites for hydroxylation is 1. The average molecular weight is 536 g/mol. The number of benzene rings is 1. The summed E-state index contributed by atoms with van der Waals surface area (Å²) in [5.74, 6) is -0.204. The smallest absolute Gasteiger partial charge is 0.324 e. The van der Waals surface area contributed by atoms with Gasteiger partial charge in [0.2, 0.25) is 11.9 Å². The van der Waals surface area contributed by atoms with Gasteiger partial charge in [0.1, 0.15) is 18.0 Å². The van der Waals surface area contributed by atoms with Crippen LogP contribution in [-0.2, 0) is 18.4 Å². The van der Waals surface area contributed by atoms with Gasteiger partial charge in [0.25, 0.3) is 5.56 Å². The quantitative estimate of drug-likeness (QED) is 0.330. The van der Waals surface area contributed by atoms with Crippen molar-refractivity contribution in [1.82, 2.24) is 29.2 Å². The van der Waals surface area contributed by atoms with Crippen LogP contribution in [0, 0.1) is 5.82 Å². The minimum absolute atomic E-state index is 0.0164.